The summed E-state index contributed by atoms with van der Waals surface area (Å²) in [5.74, 6) is -0.840. The van der Waals surface area contributed by atoms with Crippen molar-refractivity contribution in [2.45, 2.75) is 18.4 Å². The van der Waals surface area contributed by atoms with E-state index in [-0.39, 0.29) is 38.6 Å². The topological polar surface area (TPSA) is 110 Å². The van der Waals surface area contributed by atoms with Gasteiger partial charge in [-0.2, -0.15) is 5.10 Å². The second-order valence-corrected chi connectivity index (χ2v) is 9.66. The molecule has 0 aliphatic rings. The van der Waals surface area contributed by atoms with Gasteiger partial charge in [0.1, 0.15) is 6.54 Å². The summed E-state index contributed by atoms with van der Waals surface area (Å²) in [6.07, 6.45) is 4.46. The molecule has 31 heavy (non-hydrogen) atoms. The van der Waals surface area contributed by atoms with Crippen molar-refractivity contribution >= 4 is 56.2 Å². The Bertz CT molecular complexity index is 1230. The van der Waals surface area contributed by atoms with Crippen molar-refractivity contribution < 1.29 is 18.0 Å². The van der Waals surface area contributed by atoms with Gasteiger partial charge in [-0.3, -0.25) is 14.3 Å². The van der Waals surface area contributed by atoms with Gasteiger partial charge in [-0.1, -0.05) is 23.2 Å². The number of amides is 2. The van der Waals surface area contributed by atoms with E-state index in [1.165, 1.54) is 41.1 Å². The fourth-order valence-electron chi connectivity index (χ4n) is 2.70. The first kappa shape index (κ1) is 22.8. The zero-order chi connectivity index (χ0) is 22.8. The Hall–Kier alpha value is -2.88. The maximum Gasteiger partial charge on any atom is 0.255 e. The SMILES string of the molecule is Cc1cnn(CC(=O)Nc2cc(Cl)c(NC(=O)c3ccc(S(C)(=O)=O)cc3)c(Cl)c2)c1. The number of hydrogen-bond donors (Lipinski definition) is 2. The van der Waals surface area contributed by atoms with Crippen molar-refractivity contribution in [3.8, 4) is 0 Å². The van der Waals surface area contributed by atoms with Crippen LogP contribution in [0.25, 0.3) is 0 Å². The van der Waals surface area contributed by atoms with Crippen molar-refractivity contribution in [1.82, 2.24) is 9.78 Å². The van der Waals surface area contributed by atoms with E-state index in [4.69, 9.17) is 23.2 Å². The van der Waals surface area contributed by atoms with Gasteiger partial charge in [0, 0.05) is 23.7 Å². The maximum absolute atomic E-state index is 12.5. The molecule has 0 atom stereocenters. The molecule has 1 heterocycles. The number of anilines is 2. The maximum atomic E-state index is 12.5. The van der Waals surface area contributed by atoms with Crippen molar-refractivity contribution in [1.29, 1.82) is 0 Å². The van der Waals surface area contributed by atoms with Crippen LogP contribution in [0.5, 0.6) is 0 Å². The number of hydrogen-bond acceptors (Lipinski definition) is 5. The Morgan fingerprint density at radius 3 is 2.19 bits per heavy atom. The van der Waals surface area contributed by atoms with Crippen LogP contribution in [0, 0.1) is 6.92 Å². The zero-order valence-corrected chi connectivity index (χ0v) is 18.8. The fraction of sp³-hybridized carbons (Fsp3) is 0.150. The molecule has 0 radical (unpaired) electrons. The molecule has 2 N–H and O–H groups in total. The lowest BCUT2D eigenvalue weighted by atomic mass is 10.2. The molecule has 2 amide bonds. The second-order valence-electron chi connectivity index (χ2n) is 6.83. The highest BCUT2D eigenvalue weighted by atomic mass is 35.5. The number of rotatable bonds is 6. The summed E-state index contributed by atoms with van der Waals surface area (Å²) < 4.78 is 24.6. The zero-order valence-electron chi connectivity index (χ0n) is 16.5. The summed E-state index contributed by atoms with van der Waals surface area (Å²) in [5.41, 5.74) is 1.69. The molecular weight excluding hydrogens is 463 g/mol. The van der Waals surface area contributed by atoms with Gasteiger partial charge in [0.15, 0.2) is 9.84 Å². The van der Waals surface area contributed by atoms with Gasteiger partial charge in [-0.25, -0.2) is 8.42 Å². The summed E-state index contributed by atoms with van der Waals surface area (Å²) in [6.45, 7) is 1.89. The first-order valence-electron chi connectivity index (χ1n) is 8.92. The molecule has 0 unspecified atom stereocenters. The van der Waals surface area contributed by atoms with Crippen LogP contribution in [-0.2, 0) is 21.2 Å². The van der Waals surface area contributed by atoms with Gasteiger partial charge in [0.2, 0.25) is 5.91 Å². The van der Waals surface area contributed by atoms with Crippen LogP contribution in [0.3, 0.4) is 0 Å². The number of halogens is 2. The highest BCUT2D eigenvalue weighted by Crippen LogP contribution is 2.34. The lowest BCUT2D eigenvalue weighted by Crippen LogP contribution is -2.19. The number of carbonyl (C=O) groups excluding carboxylic acids is 2. The minimum absolute atomic E-state index is 0.0189. The third-order valence-corrected chi connectivity index (χ3v) is 5.90. The van der Waals surface area contributed by atoms with E-state index in [0.29, 0.717) is 5.69 Å². The Labute approximate surface area is 189 Å². The largest absolute Gasteiger partial charge is 0.324 e. The smallest absolute Gasteiger partial charge is 0.255 e. The summed E-state index contributed by atoms with van der Waals surface area (Å²) >= 11 is 12.5. The van der Waals surface area contributed by atoms with E-state index in [1.54, 1.807) is 12.4 Å². The van der Waals surface area contributed by atoms with Crippen molar-refractivity contribution in [2.75, 3.05) is 16.9 Å². The predicted octanol–water partition coefficient (Wildman–Crippen LogP) is 3.79. The summed E-state index contributed by atoms with van der Waals surface area (Å²) in [7, 11) is -3.37. The summed E-state index contributed by atoms with van der Waals surface area (Å²) in [5, 5.41) is 9.57. The van der Waals surface area contributed by atoms with Gasteiger partial charge >= 0.3 is 0 Å². The van der Waals surface area contributed by atoms with E-state index < -0.39 is 15.7 Å². The molecule has 0 saturated heterocycles. The fourth-order valence-corrected chi connectivity index (χ4v) is 3.92. The number of nitrogens with one attached hydrogen (secondary N) is 2. The van der Waals surface area contributed by atoms with Crippen LogP contribution >= 0.6 is 23.2 Å². The minimum Gasteiger partial charge on any atom is -0.324 e. The van der Waals surface area contributed by atoms with Gasteiger partial charge in [-0.15, -0.1) is 0 Å². The molecular formula is C20H18Cl2N4O4S. The molecule has 3 aromatic rings. The van der Waals surface area contributed by atoms with E-state index in [1.807, 2.05) is 6.92 Å². The standard InChI is InChI=1S/C20H18Cl2N4O4S/c1-12-9-23-26(10-12)11-18(27)24-14-7-16(21)19(17(22)8-14)25-20(28)13-3-5-15(6-4-13)31(2,29)30/h3-10H,11H2,1-2H3,(H,24,27)(H,25,28). The Morgan fingerprint density at radius 1 is 1.06 bits per heavy atom. The number of benzene rings is 2. The third-order valence-electron chi connectivity index (χ3n) is 4.18. The van der Waals surface area contributed by atoms with Gasteiger partial charge in [0.25, 0.3) is 5.91 Å². The van der Waals surface area contributed by atoms with Crippen molar-refractivity contribution in [2.24, 2.45) is 0 Å². The first-order chi connectivity index (χ1) is 14.5. The average molecular weight is 481 g/mol. The quantitative estimate of drug-likeness (QED) is 0.557. The van der Waals surface area contributed by atoms with Crippen LogP contribution in [0.1, 0.15) is 15.9 Å². The summed E-state index contributed by atoms with van der Waals surface area (Å²) in [4.78, 5) is 24.8. The first-order valence-corrected chi connectivity index (χ1v) is 11.6. The monoisotopic (exact) mass is 480 g/mol. The van der Waals surface area contributed by atoms with E-state index >= 15 is 0 Å². The Morgan fingerprint density at radius 2 is 1.68 bits per heavy atom. The Balaban J connectivity index is 1.71. The van der Waals surface area contributed by atoms with Crippen LogP contribution in [-0.4, -0.2) is 36.3 Å². The summed E-state index contributed by atoms with van der Waals surface area (Å²) in [6, 6.07) is 8.38. The molecule has 1 aromatic heterocycles. The molecule has 0 bridgehead atoms. The highest BCUT2D eigenvalue weighted by molar-refractivity contribution is 7.90. The molecule has 0 aliphatic heterocycles. The second kappa shape index (κ2) is 9.09. The normalized spacial score (nSPS) is 11.2. The molecule has 0 fully saturated rings. The number of nitrogens with zero attached hydrogens (tertiary/aromatic N) is 2. The van der Waals surface area contributed by atoms with Crippen LogP contribution in [0.2, 0.25) is 10.0 Å². The minimum atomic E-state index is -3.37. The third kappa shape index (κ3) is 5.84. The lowest BCUT2D eigenvalue weighted by molar-refractivity contribution is -0.116. The number of aromatic nitrogens is 2. The predicted molar refractivity (Wildman–Crippen MR) is 120 cm³/mol. The molecule has 3 rings (SSSR count). The van der Waals surface area contributed by atoms with Crippen LogP contribution in [0.4, 0.5) is 11.4 Å². The van der Waals surface area contributed by atoms with Crippen LogP contribution in [0.15, 0.2) is 53.7 Å². The van der Waals surface area contributed by atoms with Crippen molar-refractivity contribution in [3.63, 3.8) is 0 Å². The van der Waals surface area contributed by atoms with E-state index in [0.717, 1.165) is 11.8 Å². The number of carbonyl (C=O) groups is 2. The van der Waals surface area contributed by atoms with Gasteiger partial charge in [-0.05, 0) is 48.9 Å². The van der Waals surface area contributed by atoms with Gasteiger partial charge < -0.3 is 10.6 Å². The number of sulfone groups is 1. The average Bonchev–Trinajstić information content (AvgIpc) is 3.08. The van der Waals surface area contributed by atoms with Crippen molar-refractivity contribution in [3.05, 3.63) is 70.0 Å². The highest BCUT2D eigenvalue weighted by Gasteiger charge is 2.15. The molecule has 162 valence electrons. The molecule has 0 saturated carbocycles. The molecule has 11 heteroatoms. The van der Waals surface area contributed by atoms with Gasteiger partial charge in [0.05, 0.1) is 26.8 Å². The lowest BCUT2D eigenvalue weighted by Gasteiger charge is -2.13. The Kier molecular flexibility index (Phi) is 6.68. The molecule has 0 spiro atoms. The van der Waals surface area contributed by atoms with E-state index in [2.05, 4.69) is 15.7 Å². The molecule has 2 aromatic carbocycles. The number of aryl methyl sites for hydroxylation is 1. The van der Waals surface area contributed by atoms with E-state index in [9.17, 15) is 18.0 Å². The molecule has 0 aliphatic carbocycles. The molecule has 8 nitrogen and oxygen atoms in total. The van der Waals surface area contributed by atoms with Crippen LogP contribution < -0.4 is 10.6 Å².